The van der Waals surface area contributed by atoms with Gasteiger partial charge in [0.25, 0.3) is 5.91 Å². The molecule has 0 aromatic heterocycles. The van der Waals surface area contributed by atoms with Crippen LogP contribution < -0.4 is 5.32 Å². The lowest BCUT2D eigenvalue weighted by Gasteiger charge is -2.40. The Kier molecular flexibility index (Phi) is 7.07. The Labute approximate surface area is 199 Å². The number of benzene rings is 3. The average Bonchev–Trinajstić information content (AvgIpc) is 2.88. The molecule has 174 valence electrons. The molecule has 3 aromatic carbocycles. The summed E-state index contributed by atoms with van der Waals surface area (Å²) in [4.78, 5) is 39.2. The number of likely N-dealkylation sites (tertiary alicyclic amines) is 1. The molecule has 6 nitrogen and oxygen atoms in total. The number of ether oxygens (including phenoxy) is 1. The maximum Gasteiger partial charge on any atom is 0.317 e. The number of nitrogens with one attached hydrogen (secondary N) is 1. The van der Waals surface area contributed by atoms with Gasteiger partial charge >= 0.3 is 5.97 Å². The van der Waals surface area contributed by atoms with Gasteiger partial charge < -0.3 is 15.0 Å². The van der Waals surface area contributed by atoms with Gasteiger partial charge in [-0.3, -0.25) is 14.4 Å². The lowest BCUT2D eigenvalue weighted by Crippen LogP contribution is -2.49. The second-order valence-corrected chi connectivity index (χ2v) is 8.52. The minimum atomic E-state index is -0.870. The Morgan fingerprint density at radius 1 is 0.824 bits per heavy atom. The number of hydrogen-bond acceptors (Lipinski definition) is 4. The first-order valence-corrected chi connectivity index (χ1v) is 11.4. The van der Waals surface area contributed by atoms with E-state index in [4.69, 9.17) is 4.74 Å². The largest absolute Gasteiger partial charge is 0.455 e. The van der Waals surface area contributed by atoms with E-state index in [9.17, 15) is 14.4 Å². The van der Waals surface area contributed by atoms with E-state index in [1.165, 1.54) is 6.92 Å². The number of amides is 2. The highest BCUT2D eigenvalue weighted by atomic mass is 16.5. The van der Waals surface area contributed by atoms with Crippen molar-refractivity contribution in [3.8, 4) is 11.1 Å². The fourth-order valence-electron chi connectivity index (χ4n) is 4.41. The topological polar surface area (TPSA) is 75.7 Å². The minimum Gasteiger partial charge on any atom is -0.455 e. The Morgan fingerprint density at radius 2 is 1.38 bits per heavy atom. The lowest BCUT2D eigenvalue weighted by atomic mass is 9.72. The number of carbonyl (C=O) groups excluding carboxylic acids is 3. The van der Waals surface area contributed by atoms with Gasteiger partial charge in [0.2, 0.25) is 5.91 Å². The Bertz CT molecular complexity index is 1140. The Hall–Kier alpha value is -3.93. The highest BCUT2D eigenvalue weighted by Crippen LogP contribution is 2.37. The van der Waals surface area contributed by atoms with Gasteiger partial charge in [0.1, 0.15) is 0 Å². The van der Waals surface area contributed by atoms with Crippen LogP contribution in [0.4, 0.5) is 5.69 Å². The molecule has 0 spiro atoms. The summed E-state index contributed by atoms with van der Waals surface area (Å²) in [7, 11) is 0. The van der Waals surface area contributed by atoms with Crippen LogP contribution in [0.25, 0.3) is 11.1 Å². The normalized spacial score (nSPS) is 14.8. The molecule has 1 fully saturated rings. The number of hydrogen-bond donors (Lipinski definition) is 1. The van der Waals surface area contributed by atoms with E-state index in [2.05, 4.69) is 5.32 Å². The molecule has 0 aliphatic carbocycles. The molecule has 34 heavy (non-hydrogen) atoms. The molecule has 0 unspecified atom stereocenters. The van der Waals surface area contributed by atoms with Crippen LogP contribution in [0.5, 0.6) is 0 Å². The van der Waals surface area contributed by atoms with Crippen LogP contribution in [-0.2, 0) is 24.5 Å². The quantitative estimate of drug-likeness (QED) is 0.558. The monoisotopic (exact) mass is 456 g/mol. The summed E-state index contributed by atoms with van der Waals surface area (Å²) in [6, 6.07) is 26.9. The molecule has 6 heteroatoms. The molecule has 0 bridgehead atoms. The van der Waals surface area contributed by atoms with Gasteiger partial charge in [0.15, 0.2) is 6.61 Å². The predicted molar refractivity (Wildman–Crippen MR) is 131 cm³/mol. The molecule has 1 saturated heterocycles. The molecule has 1 aliphatic heterocycles. The molecule has 1 aliphatic rings. The highest BCUT2D eigenvalue weighted by Gasteiger charge is 2.44. The van der Waals surface area contributed by atoms with E-state index in [1.54, 1.807) is 4.90 Å². The summed E-state index contributed by atoms with van der Waals surface area (Å²) in [6.45, 7) is 2.10. The van der Waals surface area contributed by atoms with Crippen molar-refractivity contribution in [3.05, 3.63) is 90.5 Å². The average molecular weight is 457 g/mol. The molecule has 1 heterocycles. The summed E-state index contributed by atoms with van der Waals surface area (Å²) < 4.78 is 5.51. The van der Waals surface area contributed by atoms with E-state index >= 15 is 0 Å². The van der Waals surface area contributed by atoms with Crippen molar-refractivity contribution in [2.24, 2.45) is 0 Å². The first-order valence-electron chi connectivity index (χ1n) is 11.4. The molecule has 0 radical (unpaired) electrons. The summed E-state index contributed by atoms with van der Waals surface area (Å²) in [5.74, 6) is -0.839. The molecule has 3 aromatic rings. The summed E-state index contributed by atoms with van der Waals surface area (Å²) in [5, 5.41) is 2.78. The first-order chi connectivity index (χ1) is 16.5. The molecule has 4 rings (SSSR count). The van der Waals surface area contributed by atoms with Crippen molar-refractivity contribution < 1.29 is 19.1 Å². The smallest absolute Gasteiger partial charge is 0.317 e. The van der Waals surface area contributed by atoms with Crippen molar-refractivity contribution >= 4 is 23.5 Å². The number of nitrogens with zero attached hydrogens (tertiary/aromatic N) is 1. The second kappa shape index (κ2) is 10.3. The number of rotatable bonds is 6. The zero-order valence-electron chi connectivity index (χ0n) is 19.2. The molecule has 0 atom stereocenters. The van der Waals surface area contributed by atoms with E-state index in [0.717, 1.165) is 16.7 Å². The van der Waals surface area contributed by atoms with E-state index in [1.807, 2.05) is 84.9 Å². The molecular formula is C28H28N2O4. The molecular weight excluding hydrogens is 428 g/mol. The zero-order chi connectivity index (χ0) is 24.0. The highest BCUT2D eigenvalue weighted by molar-refractivity contribution is 5.94. The maximum absolute atomic E-state index is 13.2. The fraction of sp³-hybridized carbons (Fsp3) is 0.250. The predicted octanol–water partition coefficient (Wildman–Crippen LogP) is 4.42. The van der Waals surface area contributed by atoms with Gasteiger partial charge in [-0.2, -0.15) is 0 Å². The van der Waals surface area contributed by atoms with E-state index < -0.39 is 17.3 Å². The van der Waals surface area contributed by atoms with Crippen LogP contribution in [0.1, 0.15) is 25.3 Å². The van der Waals surface area contributed by atoms with Crippen LogP contribution in [-0.4, -0.2) is 42.4 Å². The van der Waals surface area contributed by atoms with Crippen molar-refractivity contribution in [3.63, 3.8) is 0 Å². The summed E-state index contributed by atoms with van der Waals surface area (Å²) in [6.07, 6.45) is 0.913. The van der Waals surface area contributed by atoms with Crippen molar-refractivity contribution in [2.45, 2.75) is 25.2 Å². The zero-order valence-corrected chi connectivity index (χ0v) is 19.2. The van der Waals surface area contributed by atoms with Crippen LogP contribution in [0.15, 0.2) is 84.9 Å². The standard InChI is InChI=1S/C28H28N2O4/c1-21(31)30-18-16-28(17-19-30,24-10-6-3-7-11-24)27(33)34-20-26(32)29-25-14-12-23(13-15-25)22-8-4-2-5-9-22/h2-15H,16-20H2,1H3,(H,29,32). The fourth-order valence-corrected chi connectivity index (χ4v) is 4.41. The summed E-state index contributed by atoms with van der Waals surface area (Å²) in [5.41, 5.74) is 2.75. The summed E-state index contributed by atoms with van der Waals surface area (Å²) >= 11 is 0. The van der Waals surface area contributed by atoms with Crippen molar-refractivity contribution in [1.82, 2.24) is 4.90 Å². The maximum atomic E-state index is 13.2. The van der Waals surface area contributed by atoms with Crippen LogP contribution in [0, 0.1) is 0 Å². The molecule has 2 amide bonds. The molecule has 1 N–H and O–H groups in total. The van der Waals surface area contributed by atoms with Crippen molar-refractivity contribution in [1.29, 1.82) is 0 Å². The third kappa shape index (κ3) is 5.17. The lowest BCUT2D eigenvalue weighted by molar-refractivity contribution is -0.156. The number of anilines is 1. The Balaban J connectivity index is 1.39. The minimum absolute atomic E-state index is 0.00677. The SMILES string of the molecule is CC(=O)N1CCC(C(=O)OCC(=O)Nc2ccc(-c3ccccc3)cc2)(c2ccccc2)CC1. The number of esters is 1. The van der Waals surface area contributed by atoms with Gasteiger partial charge in [-0.25, -0.2) is 0 Å². The van der Waals surface area contributed by atoms with Crippen LogP contribution >= 0.6 is 0 Å². The van der Waals surface area contributed by atoms with Gasteiger partial charge in [-0.1, -0.05) is 72.8 Å². The number of piperidine rings is 1. The first kappa shape index (κ1) is 23.2. The van der Waals surface area contributed by atoms with Gasteiger partial charge in [0.05, 0.1) is 5.41 Å². The van der Waals surface area contributed by atoms with Crippen LogP contribution in [0.2, 0.25) is 0 Å². The van der Waals surface area contributed by atoms with E-state index in [0.29, 0.717) is 31.6 Å². The van der Waals surface area contributed by atoms with Gasteiger partial charge in [0, 0.05) is 25.7 Å². The van der Waals surface area contributed by atoms with Crippen molar-refractivity contribution in [2.75, 3.05) is 25.0 Å². The van der Waals surface area contributed by atoms with Gasteiger partial charge in [-0.15, -0.1) is 0 Å². The van der Waals surface area contributed by atoms with Crippen LogP contribution in [0.3, 0.4) is 0 Å². The third-order valence-corrected chi connectivity index (χ3v) is 6.39. The van der Waals surface area contributed by atoms with Gasteiger partial charge in [-0.05, 0) is 41.7 Å². The third-order valence-electron chi connectivity index (χ3n) is 6.39. The molecule has 0 saturated carbocycles. The second-order valence-electron chi connectivity index (χ2n) is 8.52. The van der Waals surface area contributed by atoms with E-state index in [-0.39, 0.29) is 12.5 Å². The number of carbonyl (C=O) groups is 3. The Morgan fingerprint density at radius 3 is 1.97 bits per heavy atom.